The molecular formula is C19H25ClN6O. The minimum absolute atomic E-state index is 0.319. The molecule has 0 amide bonds. The summed E-state index contributed by atoms with van der Waals surface area (Å²) in [7, 11) is 3.72. The first-order valence-corrected chi connectivity index (χ1v) is 9.22. The van der Waals surface area contributed by atoms with Gasteiger partial charge in [0.1, 0.15) is 11.6 Å². The summed E-state index contributed by atoms with van der Waals surface area (Å²) in [4.78, 5) is 13.6. The topological polar surface area (TPSA) is 79.0 Å². The van der Waals surface area contributed by atoms with E-state index in [1.807, 2.05) is 24.4 Å². The summed E-state index contributed by atoms with van der Waals surface area (Å²) in [5, 5.41) is 3.54. The van der Waals surface area contributed by atoms with Crippen LogP contribution in [0.15, 0.2) is 41.5 Å². The molecule has 0 saturated carbocycles. The van der Waals surface area contributed by atoms with Gasteiger partial charge in [0.15, 0.2) is 5.96 Å². The monoisotopic (exact) mass is 388 g/mol. The first kappa shape index (κ1) is 19.3. The minimum Gasteiger partial charge on any atom is -0.495 e. The summed E-state index contributed by atoms with van der Waals surface area (Å²) < 4.78 is 5.13. The number of hydrogen-bond donors (Lipinski definition) is 2. The molecule has 3 N–H and O–H groups in total. The van der Waals surface area contributed by atoms with Gasteiger partial charge in [-0.25, -0.2) is 9.98 Å². The first-order chi connectivity index (χ1) is 13.0. The van der Waals surface area contributed by atoms with Crippen LogP contribution in [0.4, 0.5) is 11.5 Å². The Morgan fingerprint density at radius 1 is 1.26 bits per heavy atom. The largest absolute Gasteiger partial charge is 0.495 e. The highest BCUT2D eigenvalue weighted by molar-refractivity contribution is 6.32. The van der Waals surface area contributed by atoms with E-state index in [4.69, 9.17) is 22.1 Å². The lowest BCUT2D eigenvalue weighted by atomic mass is 10.2. The average molecular weight is 389 g/mol. The van der Waals surface area contributed by atoms with Crippen molar-refractivity contribution in [3.63, 3.8) is 0 Å². The third-order valence-electron chi connectivity index (χ3n) is 4.49. The van der Waals surface area contributed by atoms with Gasteiger partial charge in [0, 0.05) is 38.1 Å². The number of nitrogens with zero attached hydrogens (tertiary/aromatic N) is 4. The molecule has 0 unspecified atom stereocenters. The van der Waals surface area contributed by atoms with Gasteiger partial charge in [-0.1, -0.05) is 17.7 Å². The molecule has 3 rings (SSSR count). The van der Waals surface area contributed by atoms with Gasteiger partial charge in [-0.2, -0.15) is 0 Å². The molecule has 1 saturated heterocycles. The van der Waals surface area contributed by atoms with Crippen LogP contribution in [0.3, 0.4) is 0 Å². The molecule has 0 spiro atoms. The summed E-state index contributed by atoms with van der Waals surface area (Å²) in [6.07, 6.45) is 1.86. The zero-order valence-corrected chi connectivity index (χ0v) is 16.4. The summed E-state index contributed by atoms with van der Waals surface area (Å²) in [6, 6.07) is 9.44. The Bertz CT molecular complexity index is 787. The molecule has 2 aromatic rings. The van der Waals surface area contributed by atoms with Gasteiger partial charge < -0.3 is 25.6 Å². The van der Waals surface area contributed by atoms with Crippen LogP contribution in [0.1, 0.15) is 5.56 Å². The molecule has 1 aromatic heterocycles. The number of aromatic nitrogens is 1. The molecule has 1 fully saturated rings. The third-order valence-corrected chi connectivity index (χ3v) is 4.79. The molecule has 1 aliphatic heterocycles. The van der Waals surface area contributed by atoms with Crippen molar-refractivity contribution in [1.82, 2.24) is 9.88 Å². The fourth-order valence-electron chi connectivity index (χ4n) is 2.84. The Morgan fingerprint density at radius 2 is 2.04 bits per heavy atom. The average Bonchev–Trinajstić information content (AvgIpc) is 2.68. The van der Waals surface area contributed by atoms with Crippen molar-refractivity contribution in [2.24, 2.45) is 10.7 Å². The van der Waals surface area contributed by atoms with Gasteiger partial charge >= 0.3 is 0 Å². The highest BCUT2D eigenvalue weighted by Crippen LogP contribution is 2.27. The molecular weight excluding hydrogens is 364 g/mol. The van der Waals surface area contributed by atoms with Crippen molar-refractivity contribution in [3.05, 3.63) is 47.1 Å². The molecule has 0 bridgehead atoms. The number of hydrogen-bond acceptors (Lipinski definition) is 5. The van der Waals surface area contributed by atoms with Crippen LogP contribution in [0.2, 0.25) is 5.02 Å². The van der Waals surface area contributed by atoms with Crippen LogP contribution in [0, 0.1) is 0 Å². The van der Waals surface area contributed by atoms with Crippen LogP contribution in [0.5, 0.6) is 5.75 Å². The molecule has 1 aliphatic rings. The van der Waals surface area contributed by atoms with Gasteiger partial charge in [-0.15, -0.1) is 0 Å². The quantitative estimate of drug-likeness (QED) is 0.605. The number of nitrogens with one attached hydrogen (secondary N) is 1. The number of benzene rings is 1. The molecule has 1 aromatic carbocycles. The predicted octanol–water partition coefficient (Wildman–Crippen LogP) is 2.42. The maximum atomic E-state index is 6.11. The lowest BCUT2D eigenvalue weighted by Gasteiger charge is -2.33. The Kier molecular flexibility index (Phi) is 6.36. The van der Waals surface area contributed by atoms with Crippen LogP contribution < -0.4 is 20.7 Å². The van der Waals surface area contributed by atoms with Crippen LogP contribution in [-0.2, 0) is 6.54 Å². The van der Waals surface area contributed by atoms with E-state index in [0.29, 0.717) is 23.3 Å². The number of anilines is 2. The summed E-state index contributed by atoms with van der Waals surface area (Å²) in [5.74, 6) is 1.94. The minimum atomic E-state index is 0.319. The molecule has 144 valence electrons. The Hall–Kier alpha value is -2.51. The van der Waals surface area contributed by atoms with Crippen molar-refractivity contribution in [1.29, 1.82) is 0 Å². The Balaban J connectivity index is 1.56. The van der Waals surface area contributed by atoms with Crippen molar-refractivity contribution >= 4 is 29.1 Å². The number of rotatable bonds is 5. The van der Waals surface area contributed by atoms with Crippen molar-refractivity contribution < 1.29 is 4.74 Å². The van der Waals surface area contributed by atoms with Crippen molar-refractivity contribution in [3.8, 4) is 5.75 Å². The van der Waals surface area contributed by atoms with E-state index in [0.717, 1.165) is 43.2 Å². The maximum Gasteiger partial charge on any atom is 0.193 e. The second kappa shape index (κ2) is 8.92. The predicted molar refractivity (Wildman–Crippen MR) is 111 cm³/mol. The van der Waals surface area contributed by atoms with Gasteiger partial charge in [0.2, 0.25) is 0 Å². The highest BCUT2D eigenvalue weighted by Gasteiger charge is 2.14. The van der Waals surface area contributed by atoms with Gasteiger partial charge in [-0.05, 0) is 36.9 Å². The van der Waals surface area contributed by atoms with Crippen molar-refractivity contribution in [2.45, 2.75) is 6.54 Å². The molecule has 8 heteroatoms. The van der Waals surface area contributed by atoms with Crippen LogP contribution in [0.25, 0.3) is 0 Å². The SMILES string of the molecule is COc1ccc(NC(N)=NCc2ccc(N3CCN(C)CC3)nc2)cc1Cl. The zero-order chi connectivity index (χ0) is 19.2. The Morgan fingerprint density at radius 3 is 2.67 bits per heavy atom. The summed E-state index contributed by atoms with van der Waals surface area (Å²) >= 11 is 6.11. The van der Waals surface area contributed by atoms with Gasteiger partial charge in [0.25, 0.3) is 0 Å². The van der Waals surface area contributed by atoms with Gasteiger partial charge in [-0.3, -0.25) is 0 Å². The lowest BCUT2D eigenvalue weighted by Crippen LogP contribution is -2.44. The summed E-state index contributed by atoms with van der Waals surface area (Å²) in [5.41, 5.74) is 7.73. The second-order valence-electron chi connectivity index (χ2n) is 6.49. The number of piperazine rings is 1. The molecule has 2 heterocycles. The molecule has 0 radical (unpaired) electrons. The van der Waals surface area contributed by atoms with Crippen molar-refractivity contribution in [2.75, 3.05) is 50.6 Å². The molecule has 27 heavy (non-hydrogen) atoms. The number of guanidine groups is 1. The number of aliphatic imine (C=N–C) groups is 1. The number of nitrogens with two attached hydrogens (primary N) is 1. The standard InChI is InChI=1S/C19H25ClN6O/c1-25-7-9-26(10-8-25)18-6-3-14(12-22-18)13-23-19(21)24-15-4-5-17(27-2)16(20)11-15/h3-6,11-12H,7-10,13H2,1-2H3,(H3,21,23,24). The number of ether oxygens (including phenoxy) is 1. The van der Waals surface area contributed by atoms with E-state index in [2.05, 4.69) is 32.1 Å². The number of likely N-dealkylation sites (N-methyl/N-ethyl adjacent to an activating group) is 1. The first-order valence-electron chi connectivity index (χ1n) is 8.84. The van der Waals surface area contributed by atoms with Crippen LogP contribution >= 0.6 is 11.6 Å². The zero-order valence-electron chi connectivity index (χ0n) is 15.7. The Labute approximate surface area is 164 Å². The fraction of sp³-hybridized carbons (Fsp3) is 0.368. The van der Waals surface area contributed by atoms with E-state index < -0.39 is 0 Å². The third kappa shape index (κ3) is 5.24. The van der Waals surface area contributed by atoms with E-state index in [1.165, 1.54) is 0 Å². The molecule has 7 nitrogen and oxygen atoms in total. The number of pyridine rings is 1. The number of methoxy groups -OCH3 is 1. The van der Waals surface area contributed by atoms with E-state index in [-0.39, 0.29) is 0 Å². The number of halogens is 1. The second-order valence-corrected chi connectivity index (χ2v) is 6.90. The maximum absolute atomic E-state index is 6.11. The molecule has 0 aliphatic carbocycles. The van der Waals surface area contributed by atoms with E-state index in [1.54, 1.807) is 19.2 Å². The highest BCUT2D eigenvalue weighted by atomic mass is 35.5. The lowest BCUT2D eigenvalue weighted by molar-refractivity contribution is 0.312. The fourth-order valence-corrected chi connectivity index (χ4v) is 3.10. The van der Waals surface area contributed by atoms with E-state index in [9.17, 15) is 0 Å². The normalized spacial score (nSPS) is 15.7. The smallest absolute Gasteiger partial charge is 0.193 e. The summed E-state index contributed by atoms with van der Waals surface area (Å²) in [6.45, 7) is 4.58. The van der Waals surface area contributed by atoms with Gasteiger partial charge in [0.05, 0.1) is 18.7 Å². The van der Waals surface area contributed by atoms with Crippen LogP contribution in [-0.4, -0.2) is 56.2 Å². The van der Waals surface area contributed by atoms with E-state index >= 15 is 0 Å². The molecule has 0 atom stereocenters.